The summed E-state index contributed by atoms with van der Waals surface area (Å²) in [7, 11) is 0. The molecule has 0 atom stereocenters. The monoisotopic (exact) mass is 156 g/mol. The fourth-order valence-corrected chi connectivity index (χ4v) is 0.919. The maximum absolute atomic E-state index is 3.92. The molecule has 0 saturated heterocycles. The lowest BCUT2D eigenvalue weighted by atomic mass is 10.1. The molecule has 0 nitrogen and oxygen atoms in total. The molecule has 0 heteroatoms. The van der Waals surface area contributed by atoms with E-state index in [1.807, 2.05) is 49.4 Å². The Balaban J connectivity index is 2.87. The van der Waals surface area contributed by atoms with Crippen molar-refractivity contribution in [3.63, 3.8) is 0 Å². The van der Waals surface area contributed by atoms with E-state index in [-0.39, 0.29) is 0 Å². The number of rotatable bonds is 2. The van der Waals surface area contributed by atoms with E-state index >= 15 is 0 Å². The third kappa shape index (κ3) is 2.26. The second kappa shape index (κ2) is 4.38. The van der Waals surface area contributed by atoms with Crippen LogP contribution in [0, 0.1) is 0 Å². The summed E-state index contributed by atoms with van der Waals surface area (Å²) in [4.78, 5) is 0. The minimum atomic E-state index is 0.994. The molecule has 0 aliphatic carbocycles. The molecule has 1 aromatic rings. The lowest BCUT2D eigenvalue weighted by Crippen LogP contribution is -1.75. The van der Waals surface area contributed by atoms with E-state index in [4.69, 9.17) is 0 Å². The highest BCUT2D eigenvalue weighted by Gasteiger charge is 1.90. The van der Waals surface area contributed by atoms with Crippen LogP contribution in [0.1, 0.15) is 12.5 Å². The number of hydrogen-bond donors (Lipinski definition) is 0. The Labute approximate surface area is 73.6 Å². The molecule has 0 N–H and O–H groups in total. The fraction of sp³-hybridized carbons (Fsp3) is 0.0833. The van der Waals surface area contributed by atoms with Crippen LogP contribution in [-0.2, 0) is 0 Å². The molecule has 0 aromatic heterocycles. The zero-order chi connectivity index (χ0) is 8.81. The standard InChI is InChI=1S/C12H12/c1-3-4-8-11(2)12-9-6-5-7-10-12/h3,5-10H,2H2,1H3. The van der Waals surface area contributed by atoms with Crippen LogP contribution >= 0.6 is 0 Å². The van der Waals surface area contributed by atoms with Crippen LogP contribution < -0.4 is 0 Å². The van der Waals surface area contributed by atoms with Crippen molar-refractivity contribution in [2.75, 3.05) is 0 Å². The zero-order valence-electron chi connectivity index (χ0n) is 7.25. The van der Waals surface area contributed by atoms with E-state index in [9.17, 15) is 0 Å². The van der Waals surface area contributed by atoms with E-state index in [1.54, 1.807) is 0 Å². The molecule has 0 aliphatic heterocycles. The average molecular weight is 156 g/mol. The summed E-state index contributed by atoms with van der Waals surface area (Å²) in [6.45, 7) is 5.86. The SMILES string of the molecule is C=C(C=C=CC)c1ccccc1. The summed E-state index contributed by atoms with van der Waals surface area (Å²) in [5, 5.41) is 0. The van der Waals surface area contributed by atoms with Gasteiger partial charge in [0, 0.05) is 0 Å². The van der Waals surface area contributed by atoms with Gasteiger partial charge in [-0.1, -0.05) is 36.9 Å². The quantitative estimate of drug-likeness (QED) is 0.454. The highest BCUT2D eigenvalue weighted by molar-refractivity contribution is 5.71. The molecule has 0 spiro atoms. The molecule has 1 aromatic carbocycles. The van der Waals surface area contributed by atoms with Crippen molar-refractivity contribution in [1.29, 1.82) is 0 Å². The molecular formula is C12H12. The van der Waals surface area contributed by atoms with Crippen molar-refractivity contribution in [3.8, 4) is 0 Å². The van der Waals surface area contributed by atoms with E-state index in [0.29, 0.717) is 0 Å². The van der Waals surface area contributed by atoms with Gasteiger partial charge < -0.3 is 0 Å². The van der Waals surface area contributed by atoms with Gasteiger partial charge in [-0.2, -0.15) is 0 Å². The lowest BCUT2D eigenvalue weighted by molar-refractivity contribution is 1.63. The molecule has 12 heavy (non-hydrogen) atoms. The van der Waals surface area contributed by atoms with Gasteiger partial charge in [0.2, 0.25) is 0 Å². The largest absolute Gasteiger partial charge is 0.125 e. The van der Waals surface area contributed by atoms with Gasteiger partial charge in [0.15, 0.2) is 0 Å². The van der Waals surface area contributed by atoms with Gasteiger partial charge in [0.25, 0.3) is 0 Å². The number of allylic oxidation sites excluding steroid dienone is 2. The molecule has 0 amide bonds. The van der Waals surface area contributed by atoms with Gasteiger partial charge in [-0.25, -0.2) is 0 Å². The molecule has 0 heterocycles. The molecule has 0 unspecified atom stereocenters. The van der Waals surface area contributed by atoms with Gasteiger partial charge in [-0.3, -0.25) is 0 Å². The molecule has 60 valence electrons. The summed E-state index contributed by atoms with van der Waals surface area (Å²) in [5.41, 5.74) is 5.14. The van der Waals surface area contributed by atoms with Crippen LogP contribution in [0.25, 0.3) is 5.57 Å². The second-order valence-corrected chi connectivity index (χ2v) is 2.49. The average Bonchev–Trinajstić information content (AvgIpc) is 2.15. The van der Waals surface area contributed by atoms with E-state index in [2.05, 4.69) is 12.3 Å². The van der Waals surface area contributed by atoms with Crippen LogP contribution in [0.5, 0.6) is 0 Å². The Morgan fingerprint density at radius 3 is 2.58 bits per heavy atom. The molecule has 1 rings (SSSR count). The van der Waals surface area contributed by atoms with Gasteiger partial charge in [-0.15, -0.1) is 5.73 Å². The normalized spacial score (nSPS) is 8.42. The Morgan fingerprint density at radius 1 is 1.33 bits per heavy atom. The van der Waals surface area contributed by atoms with Crippen molar-refractivity contribution >= 4 is 5.57 Å². The van der Waals surface area contributed by atoms with Gasteiger partial charge in [-0.05, 0) is 30.2 Å². The predicted molar refractivity (Wildman–Crippen MR) is 53.8 cm³/mol. The molecule has 0 saturated carbocycles. The predicted octanol–water partition coefficient (Wildman–Crippen LogP) is 3.43. The Kier molecular flexibility index (Phi) is 3.13. The summed E-state index contributed by atoms with van der Waals surface area (Å²) in [5.74, 6) is 0. The first kappa shape index (κ1) is 8.58. The summed E-state index contributed by atoms with van der Waals surface area (Å²) in [6.07, 6.45) is 3.75. The van der Waals surface area contributed by atoms with Crippen molar-refractivity contribution < 1.29 is 0 Å². The van der Waals surface area contributed by atoms with Gasteiger partial charge in [0.1, 0.15) is 0 Å². The molecule has 0 bridgehead atoms. The summed E-state index contributed by atoms with van der Waals surface area (Å²) < 4.78 is 0. The topological polar surface area (TPSA) is 0 Å². The van der Waals surface area contributed by atoms with E-state index in [0.717, 1.165) is 11.1 Å². The van der Waals surface area contributed by atoms with Crippen molar-refractivity contribution in [1.82, 2.24) is 0 Å². The molecule has 0 radical (unpaired) electrons. The third-order valence-electron chi connectivity index (χ3n) is 1.57. The van der Waals surface area contributed by atoms with Crippen LogP contribution in [-0.4, -0.2) is 0 Å². The molecule has 0 aliphatic rings. The maximum Gasteiger partial charge on any atom is -0.0131 e. The van der Waals surface area contributed by atoms with Gasteiger partial charge >= 0.3 is 0 Å². The number of hydrogen-bond acceptors (Lipinski definition) is 0. The maximum atomic E-state index is 3.92. The summed E-state index contributed by atoms with van der Waals surface area (Å²) >= 11 is 0. The first-order valence-electron chi connectivity index (χ1n) is 3.96. The van der Waals surface area contributed by atoms with Gasteiger partial charge in [0.05, 0.1) is 0 Å². The minimum absolute atomic E-state index is 0.994. The van der Waals surface area contributed by atoms with E-state index < -0.39 is 0 Å². The van der Waals surface area contributed by atoms with Crippen molar-refractivity contribution in [2.45, 2.75) is 6.92 Å². The second-order valence-electron chi connectivity index (χ2n) is 2.49. The molecule has 0 fully saturated rings. The first-order valence-corrected chi connectivity index (χ1v) is 3.96. The lowest BCUT2D eigenvalue weighted by Gasteiger charge is -1.96. The Morgan fingerprint density at radius 2 is 2.00 bits per heavy atom. The number of benzene rings is 1. The molecular weight excluding hydrogens is 144 g/mol. The minimum Gasteiger partial charge on any atom is -0.125 e. The van der Waals surface area contributed by atoms with Crippen molar-refractivity contribution in [2.24, 2.45) is 0 Å². The van der Waals surface area contributed by atoms with Crippen LogP contribution in [0.2, 0.25) is 0 Å². The van der Waals surface area contributed by atoms with Crippen LogP contribution in [0.15, 0.2) is 54.8 Å². The zero-order valence-corrected chi connectivity index (χ0v) is 7.25. The van der Waals surface area contributed by atoms with Crippen LogP contribution in [0.3, 0.4) is 0 Å². The highest BCUT2D eigenvalue weighted by Crippen LogP contribution is 2.11. The summed E-state index contributed by atoms with van der Waals surface area (Å²) in [6, 6.07) is 10.1. The smallest absolute Gasteiger partial charge is 0.0131 e. The van der Waals surface area contributed by atoms with Crippen LogP contribution in [0.4, 0.5) is 0 Å². The highest BCUT2D eigenvalue weighted by atomic mass is 13.9. The Hall–Kier alpha value is -1.52. The first-order chi connectivity index (χ1) is 5.84. The van der Waals surface area contributed by atoms with E-state index in [1.165, 1.54) is 0 Å². The fourth-order valence-electron chi connectivity index (χ4n) is 0.919. The Bertz CT molecular complexity index is 311. The third-order valence-corrected chi connectivity index (χ3v) is 1.57. The van der Waals surface area contributed by atoms with Crippen molar-refractivity contribution in [3.05, 3.63) is 60.4 Å².